The molecule has 0 spiro atoms. The lowest BCUT2D eigenvalue weighted by atomic mass is 10.1. The van der Waals surface area contributed by atoms with Crippen molar-refractivity contribution in [2.24, 2.45) is 0 Å². The molecule has 0 heterocycles. The molecule has 1 aliphatic rings. The Kier molecular flexibility index (Phi) is 11.5. The van der Waals surface area contributed by atoms with Gasteiger partial charge in [0.2, 0.25) is 11.8 Å². The second-order valence-corrected chi connectivity index (χ2v) is 13.7. The number of carbonyl (C=O) groups excluding carboxylic acids is 2. The lowest BCUT2D eigenvalue weighted by Crippen LogP contribution is -2.53. The molecule has 1 fully saturated rings. The van der Waals surface area contributed by atoms with Crippen LogP contribution in [0.4, 0.5) is 11.4 Å². The fraction of sp³-hybridized carbons (Fsp3) is 0.375. The number of nitrogens with zero attached hydrogens (tertiary/aromatic N) is 3. The topological polar surface area (TPSA) is 139 Å². The molecule has 0 saturated heterocycles. The molecule has 246 valence electrons. The summed E-state index contributed by atoms with van der Waals surface area (Å²) in [6, 6.07) is 13.5. The molecule has 1 saturated carbocycles. The molecular formula is C32H36Cl2N4O7S. The average molecular weight is 692 g/mol. The number of anilines is 1. The van der Waals surface area contributed by atoms with Gasteiger partial charge in [0.25, 0.3) is 15.7 Å². The largest absolute Gasteiger partial charge is 0.497 e. The summed E-state index contributed by atoms with van der Waals surface area (Å²) in [7, 11) is -3.09. The number of halogens is 2. The summed E-state index contributed by atoms with van der Waals surface area (Å²) in [5.41, 5.74) is 0.403. The fourth-order valence-corrected chi connectivity index (χ4v) is 7.44. The molecule has 0 aliphatic heterocycles. The van der Waals surface area contributed by atoms with Gasteiger partial charge in [-0.05, 0) is 68.7 Å². The molecule has 0 radical (unpaired) electrons. The zero-order valence-corrected chi connectivity index (χ0v) is 28.1. The van der Waals surface area contributed by atoms with Gasteiger partial charge in [-0.1, -0.05) is 55.1 Å². The van der Waals surface area contributed by atoms with Crippen LogP contribution in [-0.2, 0) is 26.2 Å². The quantitative estimate of drug-likeness (QED) is 0.164. The molecule has 3 aromatic carbocycles. The maximum atomic E-state index is 14.3. The van der Waals surface area contributed by atoms with Crippen LogP contribution in [0, 0.1) is 17.0 Å². The number of nitrogens with one attached hydrogen (secondary N) is 1. The van der Waals surface area contributed by atoms with Gasteiger partial charge in [-0.25, -0.2) is 8.42 Å². The number of hydrogen-bond donors (Lipinski definition) is 1. The van der Waals surface area contributed by atoms with E-state index in [0.717, 1.165) is 36.1 Å². The van der Waals surface area contributed by atoms with Crippen molar-refractivity contribution in [3.05, 3.63) is 92.0 Å². The molecular weight excluding hydrogens is 655 g/mol. The van der Waals surface area contributed by atoms with E-state index >= 15 is 0 Å². The van der Waals surface area contributed by atoms with E-state index in [0.29, 0.717) is 11.3 Å². The summed E-state index contributed by atoms with van der Waals surface area (Å²) >= 11 is 13.0. The van der Waals surface area contributed by atoms with Crippen molar-refractivity contribution in [3.8, 4) is 5.75 Å². The van der Waals surface area contributed by atoms with Crippen LogP contribution in [0.1, 0.15) is 50.2 Å². The van der Waals surface area contributed by atoms with E-state index < -0.39 is 33.4 Å². The van der Waals surface area contributed by atoms with Gasteiger partial charge in [-0.15, -0.1) is 0 Å². The van der Waals surface area contributed by atoms with Crippen LogP contribution < -0.4 is 14.4 Å². The van der Waals surface area contributed by atoms with E-state index in [4.69, 9.17) is 27.9 Å². The smallest absolute Gasteiger partial charge is 0.273 e. The maximum Gasteiger partial charge on any atom is 0.273 e. The molecule has 1 aliphatic carbocycles. The van der Waals surface area contributed by atoms with Crippen molar-refractivity contribution in [3.63, 3.8) is 0 Å². The Balaban J connectivity index is 1.79. The Bertz CT molecular complexity index is 1680. The monoisotopic (exact) mass is 690 g/mol. The van der Waals surface area contributed by atoms with Gasteiger partial charge < -0.3 is 15.0 Å². The number of hydrogen-bond acceptors (Lipinski definition) is 7. The molecule has 1 atom stereocenters. The second kappa shape index (κ2) is 15.1. The minimum Gasteiger partial charge on any atom is -0.497 e. The number of amides is 2. The van der Waals surface area contributed by atoms with Crippen LogP contribution in [0.3, 0.4) is 0 Å². The van der Waals surface area contributed by atoms with Gasteiger partial charge in [0.15, 0.2) is 0 Å². The van der Waals surface area contributed by atoms with E-state index in [1.807, 2.05) is 0 Å². The molecule has 11 nitrogen and oxygen atoms in total. The standard InChI is InChI=1S/C32H36Cl2N4O7S/c1-4-29(32(40)35-22-8-5-6-9-22)36(19-26-27(33)10-7-11-28(26)34)31(39)20-37(23-13-15-24(45-3)16-14-23)46(43,44)25-17-12-21(2)30(18-25)38(41)42/h7,10-18,22,29H,4-6,8-9,19-20H2,1-3H3,(H,35,40). The van der Waals surface area contributed by atoms with Crippen molar-refractivity contribution < 1.29 is 27.7 Å². The Hall–Kier alpha value is -3.87. The number of ether oxygens (including phenoxy) is 1. The van der Waals surface area contributed by atoms with Gasteiger partial charge in [0.05, 0.1) is 22.6 Å². The first-order valence-electron chi connectivity index (χ1n) is 14.8. The van der Waals surface area contributed by atoms with Crippen LogP contribution >= 0.6 is 23.2 Å². The number of nitro groups is 1. The lowest BCUT2D eigenvalue weighted by Gasteiger charge is -2.34. The van der Waals surface area contributed by atoms with Gasteiger partial charge in [-0.3, -0.25) is 24.0 Å². The first-order chi connectivity index (χ1) is 21.9. The molecule has 0 aromatic heterocycles. The Morgan fingerprint density at radius 1 is 1.07 bits per heavy atom. The summed E-state index contributed by atoms with van der Waals surface area (Å²) in [5, 5.41) is 15.3. The van der Waals surface area contributed by atoms with Crippen molar-refractivity contribution in [2.75, 3.05) is 18.0 Å². The third-order valence-electron chi connectivity index (χ3n) is 8.08. The molecule has 14 heteroatoms. The summed E-state index contributed by atoms with van der Waals surface area (Å²) in [5.74, 6) is -0.618. The number of rotatable bonds is 13. The minimum absolute atomic E-state index is 0.0177. The molecule has 46 heavy (non-hydrogen) atoms. The fourth-order valence-electron chi connectivity index (χ4n) is 5.49. The van der Waals surface area contributed by atoms with Crippen molar-refractivity contribution in [1.29, 1.82) is 0 Å². The maximum absolute atomic E-state index is 14.3. The number of methoxy groups -OCH3 is 1. The average Bonchev–Trinajstić information content (AvgIpc) is 3.54. The molecule has 1 unspecified atom stereocenters. The highest BCUT2D eigenvalue weighted by Gasteiger charge is 2.35. The SMILES string of the molecule is CCC(C(=O)NC1CCCC1)N(Cc1c(Cl)cccc1Cl)C(=O)CN(c1ccc(OC)cc1)S(=O)(=O)c1ccc(C)c([N+](=O)[O-])c1. The van der Waals surface area contributed by atoms with Crippen LogP contribution in [0.5, 0.6) is 5.75 Å². The van der Waals surface area contributed by atoms with E-state index in [-0.39, 0.29) is 56.8 Å². The van der Waals surface area contributed by atoms with Crippen LogP contribution in [-0.4, -0.2) is 55.8 Å². The van der Waals surface area contributed by atoms with Gasteiger partial charge in [0.1, 0.15) is 18.3 Å². The van der Waals surface area contributed by atoms with Crippen LogP contribution in [0.15, 0.2) is 65.6 Å². The number of aryl methyl sites for hydroxylation is 1. The van der Waals surface area contributed by atoms with Crippen LogP contribution in [0.2, 0.25) is 10.0 Å². The normalized spacial score (nSPS) is 14.0. The van der Waals surface area contributed by atoms with Crippen molar-refractivity contribution in [1.82, 2.24) is 10.2 Å². The van der Waals surface area contributed by atoms with Gasteiger partial charge in [-0.2, -0.15) is 0 Å². The Labute approximate surface area is 278 Å². The number of carbonyl (C=O) groups is 2. The highest BCUT2D eigenvalue weighted by molar-refractivity contribution is 7.92. The van der Waals surface area contributed by atoms with E-state index in [2.05, 4.69) is 5.32 Å². The van der Waals surface area contributed by atoms with E-state index in [1.165, 1.54) is 55.3 Å². The summed E-state index contributed by atoms with van der Waals surface area (Å²) < 4.78 is 34.5. The van der Waals surface area contributed by atoms with Crippen molar-refractivity contribution in [2.45, 2.75) is 69.5 Å². The Morgan fingerprint density at radius 2 is 1.70 bits per heavy atom. The predicted octanol–water partition coefficient (Wildman–Crippen LogP) is 6.28. The van der Waals surface area contributed by atoms with Crippen LogP contribution in [0.25, 0.3) is 0 Å². The molecule has 0 bridgehead atoms. The third kappa shape index (κ3) is 7.91. The summed E-state index contributed by atoms with van der Waals surface area (Å²) in [6.45, 7) is 2.36. The number of nitro benzene ring substituents is 1. The first kappa shape index (κ1) is 35.0. The highest BCUT2D eigenvalue weighted by atomic mass is 35.5. The first-order valence-corrected chi connectivity index (χ1v) is 17.0. The molecule has 3 aromatic rings. The van der Waals surface area contributed by atoms with Crippen molar-refractivity contribution >= 4 is 56.4 Å². The van der Waals surface area contributed by atoms with Gasteiger partial charge in [0, 0.05) is 39.8 Å². The number of sulfonamides is 1. The molecule has 4 rings (SSSR count). The zero-order valence-electron chi connectivity index (χ0n) is 25.7. The summed E-state index contributed by atoms with van der Waals surface area (Å²) in [4.78, 5) is 39.9. The summed E-state index contributed by atoms with van der Waals surface area (Å²) in [6.07, 6.45) is 3.88. The lowest BCUT2D eigenvalue weighted by molar-refractivity contribution is -0.385. The zero-order chi connectivity index (χ0) is 33.6. The third-order valence-corrected chi connectivity index (χ3v) is 10.6. The molecule has 2 amide bonds. The highest BCUT2D eigenvalue weighted by Crippen LogP contribution is 2.31. The van der Waals surface area contributed by atoms with E-state index in [9.17, 15) is 28.1 Å². The molecule has 1 N–H and O–H groups in total. The second-order valence-electron chi connectivity index (χ2n) is 11.1. The van der Waals surface area contributed by atoms with Gasteiger partial charge >= 0.3 is 0 Å². The minimum atomic E-state index is -4.55. The van der Waals surface area contributed by atoms with E-state index in [1.54, 1.807) is 25.1 Å². The Morgan fingerprint density at radius 3 is 2.26 bits per heavy atom. The number of benzene rings is 3. The predicted molar refractivity (Wildman–Crippen MR) is 177 cm³/mol.